The van der Waals surface area contributed by atoms with Crippen molar-refractivity contribution >= 4 is 41.8 Å². The molecule has 0 fully saturated rings. The number of benzene rings is 3. The molecule has 0 spiro atoms. The SMILES string of the molecule is C#[S-]1c2ccc(C)cc2-c2c1ccc1c2sc2cc(C)ccc21. The van der Waals surface area contributed by atoms with Crippen LogP contribution in [0.3, 0.4) is 0 Å². The molecule has 0 bridgehead atoms. The highest BCUT2D eigenvalue weighted by atomic mass is 32.2. The maximum Gasteiger partial charge on any atom is 0.0417 e. The molecule has 0 unspecified atom stereocenters. The van der Waals surface area contributed by atoms with Gasteiger partial charge in [-0.2, -0.15) is 0 Å². The van der Waals surface area contributed by atoms with Crippen LogP contribution >= 0.6 is 11.3 Å². The fraction of sp³-hybridized carbons (Fsp3) is 0.0952. The lowest BCUT2D eigenvalue weighted by Crippen LogP contribution is -1.81. The van der Waals surface area contributed by atoms with Gasteiger partial charge in [0.15, 0.2) is 0 Å². The van der Waals surface area contributed by atoms with Crippen molar-refractivity contribution < 1.29 is 0 Å². The van der Waals surface area contributed by atoms with Crippen LogP contribution < -0.4 is 0 Å². The second-order valence-corrected chi connectivity index (χ2v) is 8.86. The number of hydrogen-bond donors (Lipinski definition) is 0. The first kappa shape index (κ1) is 13.4. The lowest BCUT2D eigenvalue weighted by Gasteiger charge is -2.13. The van der Waals surface area contributed by atoms with Gasteiger partial charge < -0.3 is 16.0 Å². The van der Waals surface area contributed by atoms with Crippen molar-refractivity contribution in [2.45, 2.75) is 23.6 Å². The minimum atomic E-state index is -0.306. The highest BCUT2D eigenvalue weighted by Crippen LogP contribution is 2.48. The van der Waals surface area contributed by atoms with Crippen molar-refractivity contribution in [3.8, 4) is 16.8 Å². The van der Waals surface area contributed by atoms with Gasteiger partial charge in [-0.15, -0.1) is 21.1 Å². The highest BCUT2D eigenvalue weighted by molar-refractivity contribution is 7.87. The van der Waals surface area contributed by atoms with Crippen molar-refractivity contribution in [3.63, 3.8) is 0 Å². The van der Waals surface area contributed by atoms with Crippen LogP contribution in [0.1, 0.15) is 11.1 Å². The average molecular weight is 331 g/mol. The summed E-state index contributed by atoms with van der Waals surface area (Å²) in [5.41, 5.74) is 11.9. The van der Waals surface area contributed by atoms with Crippen LogP contribution in [0.25, 0.3) is 31.3 Å². The van der Waals surface area contributed by atoms with E-state index in [-0.39, 0.29) is 10.3 Å². The largest absolute Gasteiger partial charge is 0.401 e. The number of aryl methyl sites for hydroxylation is 2. The molecule has 2 heterocycles. The standard InChI is InChI=1S/C21H15S2/c1-12-5-8-18-16(10-12)20-19(23(18)3)9-7-15-14-6-4-13(2)11-17(14)22-21(15)20/h3-11H,1-2H3/q-1. The molecule has 2 heteroatoms. The third kappa shape index (κ3) is 1.74. The molecular formula is C21H15S2-. The van der Waals surface area contributed by atoms with Crippen LogP contribution in [-0.4, -0.2) is 0 Å². The van der Waals surface area contributed by atoms with Crippen molar-refractivity contribution in [1.29, 1.82) is 0 Å². The van der Waals surface area contributed by atoms with E-state index in [0.29, 0.717) is 0 Å². The van der Waals surface area contributed by atoms with Crippen molar-refractivity contribution in [3.05, 3.63) is 59.7 Å². The van der Waals surface area contributed by atoms with Gasteiger partial charge in [-0.3, -0.25) is 0 Å². The molecule has 3 aromatic carbocycles. The second kappa shape index (κ2) is 4.52. The third-order valence-electron chi connectivity index (χ3n) is 4.64. The predicted octanol–water partition coefficient (Wildman–Crippen LogP) is 6.28. The van der Waals surface area contributed by atoms with Crippen LogP contribution in [0.2, 0.25) is 0 Å². The van der Waals surface area contributed by atoms with Gasteiger partial charge in [0.25, 0.3) is 0 Å². The maximum absolute atomic E-state index is 6.55. The van der Waals surface area contributed by atoms with Gasteiger partial charge >= 0.3 is 0 Å². The molecule has 0 saturated carbocycles. The summed E-state index contributed by atoms with van der Waals surface area (Å²) >= 11 is 1.90. The summed E-state index contributed by atoms with van der Waals surface area (Å²) in [6.07, 6.45) is 0. The van der Waals surface area contributed by atoms with Gasteiger partial charge in [0.2, 0.25) is 0 Å². The van der Waals surface area contributed by atoms with Crippen LogP contribution in [0.5, 0.6) is 0 Å². The minimum Gasteiger partial charge on any atom is -0.401 e. The fourth-order valence-electron chi connectivity index (χ4n) is 3.52. The molecule has 0 nitrogen and oxygen atoms in total. The van der Waals surface area contributed by atoms with Gasteiger partial charge in [0.1, 0.15) is 0 Å². The summed E-state index contributed by atoms with van der Waals surface area (Å²) in [6.45, 7) is 4.31. The average Bonchev–Trinajstić information content (AvgIpc) is 3.02. The topological polar surface area (TPSA) is 0 Å². The van der Waals surface area contributed by atoms with E-state index in [0.717, 1.165) is 0 Å². The molecule has 4 aromatic rings. The van der Waals surface area contributed by atoms with E-state index in [1.165, 1.54) is 52.2 Å². The molecule has 0 N–H and O–H groups in total. The maximum atomic E-state index is 6.55. The van der Waals surface area contributed by atoms with Gasteiger partial charge in [-0.05, 0) is 36.6 Å². The summed E-state index contributed by atoms with van der Waals surface area (Å²) in [5.74, 6) is 0. The van der Waals surface area contributed by atoms with Crippen molar-refractivity contribution in [2.75, 3.05) is 0 Å². The summed E-state index contributed by atoms with van der Waals surface area (Å²) in [4.78, 5) is 2.58. The first-order valence-corrected chi connectivity index (χ1v) is 9.79. The minimum absolute atomic E-state index is 0.306. The molecule has 0 aliphatic carbocycles. The molecular weight excluding hydrogens is 316 g/mol. The third-order valence-corrected chi connectivity index (χ3v) is 7.47. The summed E-state index contributed by atoms with van der Waals surface area (Å²) in [5, 5.41) is 2.71. The molecule has 23 heavy (non-hydrogen) atoms. The number of rotatable bonds is 0. The molecule has 0 radical (unpaired) electrons. The Morgan fingerprint density at radius 2 is 1.52 bits per heavy atom. The van der Waals surface area contributed by atoms with E-state index >= 15 is 0 Å². The lowest BCUT2D eigenvalue weighted by molar-refractivity contribution is 1.39. The van der Waals surface area contributed by atoms with E-state index in [4.69, 9.17) is 5.69 Å². The first-order valence-electron chi connectivity index (χ1n) is 7.69. The second-order valence-electron chi connectivity index (χ2n) is 6.25. The Bertz CT molecular complexity index is 1200. The smallest absolute Gasteiger partial charge is 0.0417 e. The molecule has 112 valence electrons. The first-order chi connectivity index (χ1) is 11.1. The lowest BCUT2D eigenvalue weighted by atomic mass is 10.0. The molecule has 0 amide bonds. The number of fused-ring (bicyclic) bond motifs is 7. The Kier molecular flexibility index (Phi) is 2.64. The van der Waals surface area contributed by atoms with Gasteiger partial charge in [0, 0.05) is 20.2 Å². The Morgan fingerprint density at radius 1 is 0.826 bits per heavy atom. The highest BCUT2D eigenvalue weighted by Gasteiger charge is 2.17. The van der Waals surface area contributed by atoms with E-state index in [1.54, 1.807) is 0 Å². The molecule has 1 aliphatic heterocycles. The number of thiophene rings is 1. The molecule has 1 aromatic heterocycles. The molecule has 0 saturated heterocycles. The van der Waals surface area contributed by atoms with Crippen LogP contribution in [0.4, 0.5) is 0 Å². The monoisotopic (exact) mass is 331 g/mol. The normalized spacial score (nSPS) is 13.6. The Labute approximate surface area is 142 Å². The van der Waals surface area contributed by atoms with E-state index < -0.39 is 0 Å². The van der Waals surface area contributed by atoms with E-state index in [1.807, 2.05) is 11.3 Å². The van der Waals surface area contributed by atoms with Gasteiger partial charge in [-0.25, -0.2) is 0 Å². The Morgan fingerprint density at radius 3 is 2.39 bits per heavy atom. The van der Waals surface area contributed by atoms with Crippen molar-refractivity contribution in [2.24, 2.45) is 0 Å². The van der Waals surface area contributed by atoms with Crippen LogP contribution in [-0.2, 0) is 10.3 Å². The summed E-state index contributed by atoms with van der Waals surface area (Å²) < 4.78 is 2.75. The molecule has 0 atom stereocenters. The van der Waals surface area contributed by atoms with Crippen molar-refractivity contribution in [1.82, 2.24) is 0 Å². The predicted molar refractivity (Wildman–Crippen MR) is 103 cm³/mol. The zero-order valence-corrected chi connectivity index (χ0v) is 14.6. The molecule has 1 aliphatic rings. The Hall–Kier alpha value is -1.99. The number of hydrogen-bond acceptors (Lipinski definition) is 2. The zero-order chi connectivity index (χ0) is 15.7. The quantitative estimate of drug-likeness (QED) is 0.293. The fourth-order valence-corrected chi connectivity index (χ4v) is 6.44. The van der Waals surface area contributed by atoms with E-state index in [9.17, 15) is 0 Å². The zero-order valence-electron chi connectivity index (χ0n) is 13.0. The summed E-state index contributed by atoms with van der Waals surface area (Å²) in [7, 11) is -0.306. The van der Waals surface area contributed by atoms with E-state index in [2.05, 4.69) is 62.4 Å². The van der Waals surface area contributed by atoms with Gasteiger partial charge in [0.05, 0.1) is 0 Å². The van der Waals surface area contributed by atoms with Crippen LogP contribution in [0.15, 0.2) is 58.3 Å². The molecule has 5 rings (SSSR count). The van der Waals surface area contributed by atoms with Crippen LogP contribution in [0, 0.1) is 19.5 Å². The Balaban J connectivity index is 1.99. The summed E-state index contributed by atoms with van der Waals surface area (Å²) in [6, 6.07) is 17.9. The van der Waals surface area contributed by atoms with Gasteiger partial charge in [-0.1, -0.05) is 48.0 Å².